The van der Waals surface area contributed by atoms with Crippen LogP contribution in [0.4, 0.5) is 5.69 Å². The van der Waals surface area contributed by atoms with Gasteiger partial charge < -0.3 is 10.2 Å². The van der Waals surface area contributed by atoms with Crippen molar-refractivity contribution < 1.29 is 4.42 Å². The standard InChI is InChI=1S/C12H14N2O/c1-2-7-5-9(13)11-10(6-7)14-12(15-11)8-3-4-8/h5-6,8H,2-4,13H2,1H3. The molecule has 1 aromatic carbocycles. The van der Waals surface area contributed by atoms with Crippen LogP contribution in [0, 0.1) is 0 Å². The van der Waals surface area contributed by atoms with E-state index in [0.29, 0.717) is 11.6 Å². The summed E-state index contributed by atoms with van der Waals surface area (Å²) in [4.78, 5) is 4.50. The Bertz CT molecular complexity index is 512. The number of anilines is 1. The minimum absolute atomic E-state index is 0.543. The van der Waals surface area contributed by atoms with Crippen molar-refractivity contribution in [1.29, 1.82) is 0 Å². The molecular weight excluding hydrogens is 188 g/mol. The highest BCUT2D eigenvalue weighted by Gasteiger charge is 2.29. The highest BCUT2D eigenvalue weighted by molar-refractivity contribution is 5.85. The molecule has 0 spiro atoms. The summed E-state index contributed by atoms with van der Waals surface area (Å²) in [5, 5.41) is 0. The lowest BCUT2D eigenvalue weighted by Crippen LogP contribution is -1.88. The van der Waals surface area contributed by atoms with Gasteiger partial charge in [0.25, 0.3) is 0 Å². The molecule has 1 saturated carbocycles. The Morgan fingerprint density at radius 1 is 1.47 bits per heavy atom. The predicted octanol–water partition coefficient (Wildman–Crippen LogP) is 2.85. The summed E-state index contributed by atoms with van der Waals surface area (Å²) in [6, 6.07) is 4.05. The number of aryl methyl sites for hydroxylation is 1. The molecule has 2 aromatic rings. The van der Waals surface area contributed by atoms with Crippen molar-refractivity contribution in [2.45, 2.75) is 32.1 Å². The third kappa shape index (κ3) is 1.39. The fourth-order valence-corrected chi connectivity index (χ4v) is 1.85. The van der Waals surface area contributed by atoms with Crippen LogP contribution in [-0.4, -0.2) is 4.98 Å². The van der Waals surface area contributed by atoms with Crippen LogP contribution in [0.5, 0.6) is 0 Å². The SMILES string of the molecule is CCc1cc(N)c2oc(C3CC3)nc2c1. The molecule has 1 aliphatic rings. The number of rotatable bonds is 2. The molecule has 1 fully saturated rings. The summed E-state index contributed by atoms with van der Waals surface area (Å²) >= 11 is 0. The molecule has 0 aliphatic heterocycles. The molecule has 3 rings (SSSR count). The van der Waals surface area contributed by atoms with Crippen molar-refractivity contribution in [3.63, 3.8) is 0 Å². The second-order valence-corrected chi connectivity index (χ2v) is 4.21. The lowest BCUT2D eigenvalue weighted by Gasteiger charge is -1.98. The minimum atomic E-state index is 0.543. The van der Waals surface area contributed by atoms with E-state index >= 15 is 0 Å². The fourth-order valence-electron chi connectivity index (χ4n) is 1.85. The van der Waals surface area contributed by atoms with Gasteiger partial charge in [0.2, 0.25) is 0 Å². The van der Waals surface area contributed by atoms with Gasteiger partial charge in [0.15, 0.2) is 11.5 Å². The molecule has 0 saturated heterocycles. The third-order valence-corrected chi connectivity index (χ3v) is 2.93. The molecule has 0 unspecified atom stereocenters. The van der Waals surface area contributed by atoms with Crippen molar-refractivity contribution in [1.82, 2.24) is 4.98 Å². The Morgan fingerprint density at radius 2 is 2.27 bits per heavy atom. The van der Waals surface area contributed by atoms with Gasteiger partial charge in [0.1, 0.15) is 5.52 Å². The summed E-state index contributed by atoms with van der Waals surface area (Å²) in [5.74, 6) is 1.41. The molecule has 3 heteroatoms. The lowest BCUT2D eigenvalue weighted by molar-refractivity contribution is 0.534. The summed E-state index contributed by atoms with van der Waals surface area (Å²) < 4.78 is 5.69. The van der Waals surface area contributed by atoms with Crippen LogP contribution in [0.3, 0.4) is 0 Å². The Hall–Kier alpha value is -1.51. The second kappa shape index (κ2) is 2.99. The maximum absolute atomic E-state index is 5.93. The first-order chi connectivity index (χ1) is 7.28. The summed E-state index contributed by atoms with van der Waals surface area (Å²) in [6.07, 6.45) is 3.38. The normalized spacial score (nSPS) is 16.1. The number of nitrogen functional groups attached to an aromatic ring is 1. The van der Waals surface area contributed by atoms with Crippen molar-refractivity contribution in [3.05, 3.63) is 23.6 Å². The molecule has 1 aromatic heterocycles. The van der Waals surface area contributed by atoms with Crippen LogP contribution in [-0.2, 0) is 6.42 Å². The number of benzene rings is 1. The van der Waals surface area contributed by atoms with E-state index in [9.17, 15) is 0 Å². The zero-order valence-corrected chi connectivity index (χ0v) is 8.79. The van der Waals surface area contributed by atoms with Crippen LogP contribution >= 0.6 is 0 Å². The second-order valence-electron chi connectivity index (χ2n) is 4.21. The van der Waals surface area contributed by atoms with Gasteiger partial charge in [-0.1, -0.05) is 6.92 Å². The first kappa shape index (κ1) is 8.77. The predicted molar refractivity (Wildman–Crippen MR) is 59.8 cm³/mol. The fraction of sp³-hybridized carbons (Fsp3) is 0.417. The molecule has 3 nitrogen and oxygen atoms in total. The van der Waals surface area contributed by atoms with Crippen LogP contribution in [0.15, 0.2) is 16.5 Å². The molecular formula is C12H14N2O. The molecule has 0 radical (unpaired) electrons. The van der Waals surface area contributed by atoms with E-state index in [4.69, 9.17) is 10.2 Å². The van der Waals surface area contributed by atoms with Crippen LogP contribution in [0.25, 0.3) is 11.1 Å². The number of nitrogens with zero attached hydrogens (tertiary/aromatic N) is 1. The number of oxazole rings is 1. The molecule has 15 heavy (non-hydrogen) atoms. The number of nitrogens with two attached hydrogens (primary N) is 1. The minimum Gasteiger partial charge on any atom is -0.438 e. The number of hydrogen-bond acceptors (Lipinski definition) is 3. The zero-order chi connectivity index (χ0) is 10.4. The lowest BCUT2D eigenvalue weighted by atomic mass is 10.1. The Balaban J connectivity index is 2.19. The molecule has 0 amide bonds. The average Bonchev–Trinajstić information content (AvgIpc) is 2.98. The maximum atomic E-state index is 5.93. The van der Waals surface area contributed by atoms with E-state index in [-0.39, 0.29) is 0 Å². The van der Waals surface area contributed by atoms with E-state index in [1.54, 1.807) is 0 Å². The van der Waals surface area contributed by atoms with Crippen molar-refractivity contribution in [2.75, 3.05) is 5.73 Å². The molecule has 2 N–H and O–H groups in total. The number of hydrogen-bond donors (Lipinski definition) is 1. The van der Waals surface area contributed by atoms with Gasteiger partial charge in [0, 0.05) is 5.92 Å². The topological polar surface area (TPSA) is 52.0 Å². The summed E-state index contributed by atoms with van der Waals surface area (Å²) in [7, 11) is 0. The van der Waals surface area contributed by atoms with Crippen LogP contribution < -0.4 is 5.73 Å². The Morgan fingerprint density at radius 3 is 2.93 bits per heavy atom. The van der Waals surface area contributed by atoms with E-state index < -0.39 is 0 Å². The maximum Gasteiger partial charge on any atom is 0.198 e. The average molecular weight is 202 g/mol. The highest BCUT2D eigenvalue weighted by atomic mass is 16.3. The van der Waals surface area contributed by atoms with Crippen LogP contribution in [0.1, 0.15) is 37.1 Å². The molecule has 0 atom stereocenters. The summed E-state index contributed by atoms with van der Waals surface area (Å²) in [5.41, 5.74) is 9.53. The van der Waals surface area contributed by atoms with Crippen LogP contribution in [0.2, 0.25) is 0 Å². The van der Waals surface area contributed by atoms with Gasteiger partial charge in [-0.05, 0) is 37.0 Å². The Kier molecular flexibility index (Phi) is 1.75. The number of fused-ring (bicyclic) bond motifs is 1. The van der Waals surface area contributed by atoms with Gasteiger partial charge in [-0.25, -0.2) is 4.98 Å². The number of aromatic nitrogens is 1. The van der Waals surface area contributed by atoms with Gasteiger partial charge in [-0.15, -0.1) is 0 Å². The third-order valence-electron chi connectivity index (χ3n) is 2.93. The van der Waals surface area contributed by atoms with Gasteiger partial charge in [-0.3, -0.25) is 0 Å². The summed E-state index contributed by atoms with van der Waals surface area (Å²) in [6.45, 7) is 2.11. The first-order valence-electron chi connectivity index (χ1n) is 5.46. The van der Waals surface area contributed by atoms with Crippen molar-refractivity contribution in [3.8, 4) is 0 Å². The van der Waals surface area contributed by atoms with Crippen molar-refractivity contribution >= 4 is 16.8 Å². The monoisotopic (exact) mass is 202 g/mol. The quantitative estimate of drug-likeness (QED) is 0.762. The Labute approximate surface area is 88.3 Å². The molecule has 0 bridgehead atoms. The molecule has 1 heterocycles. The van der Waals surface area contributed by atoms with E-state index in [1.165, 1.54) is 18.4 Å². The van der Waals surface area contributed by atoms with E-state index in [2.05, 4.69) is 18.0 Å². The van der Waals surface area contributed by atoms with E-state index in [0.717, 1.165) is 23.4 Å². The van der Waals surface area contributed by atoms with Gasteiger partial charge in [-0.2, -0.15) is 0 Å². The highest BCUT2D eigenvalue weighted by Crippen LogP contribution is 2.41. The molecule has 78 valence electrons. The first-order valence-corrected chi connectivity index (χ1v) is 5.46. The zero-order valence-electron chi connectivity index (χ0n) is 8.79. The largest absolute Gasteiger partial charge is 0.438 e. The van der Waals surface area contributed by atoms with E-state index in [1.807, 2.05) is 6.07 Å². The van der Waals surface area contributed by atoms with Gasteiger partial charge in [0.05, 0.1) is 5.69 Å². The van der Waals surface area contributed by atoms with Crippen molar-refractivity contribution in [2.24, 2.45) is 0 Å². The molecule has 1 aliphatic carbocycles. The van der Waals surface area contributed by atoms with Gasteiger partial charge >= 0.3 is 0 Å². The smallest absolute Gasteiger partial charge is 0.198 e.